The van der Waals surface area contributed by atoms with Gasteiger partial charge in [-0.2, -0.15) is 0 Å². The van der Waals surface area contributed by atoms with Crippen LogP contribution in [-0.4, -0.2) is 186 Å². The molecular formula is C60H105N3O18. The van der Waals surface area contributed by atoms with Gasteiger partial charge in [-0.25, -0.2) is 0 Å². The molecule has 1 saturated heterocycles. The highest BCUT2D eigenvalue weighted by atomic mass is 16.7. The summed E-state index contributed by atoms with van der Waals surface area (Å²) in [6.45, 7) is 15.0. The molecule has 0 spiro atoms. The average Bonchev–Trinajstić information content (AvgIpc) is 3.42. The zero-order chi connectivity index (χ0) is 61.1. The van der Waals surface area contributed by atoms with E-state index in [-0.39, 0.29) is 69.1 Å². The van der Waals surface area contributed by atoms with E-state index < -0.39 is 139 Å². The van der Waals surface area contributed by atoms with Crippen molar-refractivity contribution in [2.45, 2.75) is 237 Å². The quantitative estimate of drug-likeness (QED) is 0.0276. The zero-order valence-electron chi connectivity index (χ0n) is 49.9. The van der Waals surface area contributed by atoms with Crippen LogP contribution in [0.15, 0.2) is 53.6 Å². The van der Waals surface area contributed by atoms with Crippen molar-refractivity contribution in [1.29, 1.82) is 0 Å². The van der Waals surface area contributed by atoms with Crippen molar-refractivity contribution in [2.75, 3.05) is 20.7 Å². The number of nitrogens with one attached hydrogen (secondary N) is 1. The fourth-order valence-electron chi connectivity index (χ4n) is 10.6. The van der Waals surface area contributed by atoms with Crippen molar-refractivity contribution in [2.24, 2.45) is 58.1 Å². The number of hydrogen-bond donors (Lipinski definition) is 13. The van der Waals surface area contributed by atoms with Crippen molar-refractivity contribution < 1.29 is 89.5 Å². The molecule has 22 atom stereocenters. The standard InChI is InChI=1S/C60H105N3O18/c1-35(19-15-13-11-12-14-18-26-63-59(61)62-9)27-39(5)56-38(4)20-16-17-21-46(65)40(6)50(69)29-43(64)28-44(79-55(75)33-54(73)74)30-45-31-52(71)57(76)60(78-10,81-45)34-53(72)37(3)23-24-47(66)41(7)51(70)32-49(68)36(2)22-25-48(67)42(8)58(77)80-56/h11-12,16-17,20-22,25,35-53,56-57,64-72,76H,13-15,18-19,23-24,26-34H2,1-10H3,(H,73,74)(H3,61,62,63)/b12-11+,20-16?,21-17?,25-22?/t35-,36-,37-,38-,39-,40+,41+,42+,43-,44-,45+,46+,47-,48+,49+,50+,51-,52-,53+,56-,57+,60-/m0/s1. The number of ether oxygens (including phenoxy) is 4. The molecule has 81 heavy (non-hydrogen) atoms. The molecule has 0 aromatic rings. The number of aliphatic imine (C=N–C) groups is 1. The number of nitrogens with zero attached hydrogens (tertiary/aromatic N) is 1. The summed E-state index contributed by atoms with van der Waals surface area (Å²) >= 11 is 0. The van der Waals surface area contributed by atoms with Crippen LogP contribution in [0.3, 0.4) is 0 Å². The topological polar surface area (TPSA) is 361 Å². The van der Waals surface area contributed by atoms with Crippen molar-refractivity contribution in [3.63, 3.8) is 0 Å². The Bertz CT molecular complexity index is 1970. The highest BCUT2D eigenvalue weighted by Gasteiger charge is 2.52. The summed E-state index contributed by atoms with van der Waals surface area (Å²) < 4.78 is 23.7. The third-order valence-corrected chi connectivity index (χ3v) is 16.5. The molecule has 1 fully saturated rings. The van der Waals surface area contributed by atoms with Crippen molar-refractivity contribution in [1.82, 2.24) is 5.32 Å². The summed E-state index contributed by atoms with van der Waals surface area (Å²) in [5.74, 6) is -8.66. The van der Waals surface area contributed by atoms with Gasteiger partial charge in [-0.15, -0.1) is 0 Å². The molecule has 2 bridgehead atoms. The van der Waals surface area contributed by atoms with Gasteiger partial charge in [0.2, 0.25) is 0 Å². The lowest BCUT2D eigenvalue weighted by atomic mass is 9.83. The Hall–Kier alpha value is -3.84. The Morgan fingerprint density at radius 2 is 1.41 bits per heavy atom. The largest absolute Gasteiger partial charge is 0.481 e. The lowest BCUT2D eigenvalue weighted by Crippen LogP contribution is -2.61. The van der Waals surface area contributed by atoms with E-state index in [1.807, 2.05) is 19.9 Å². The number of rotatable bonds is 15. The maximum absolute atomic E-state index is 13.9. The van der Waals surface area contributed by atoms with E-state index in [0.29, 0.717) is 5.96 Å². The first kappa shape index (κ1) is 73.3. The minimum absolute atomic E-state index is 0.115. The normalized spacial score (nSPS) is 37.4. The van der Waals surface area contributed by atoms with E-state index in [4.69, 9.17) is 24.7 Å². The van der Waals surface area contributed by atoms with Gasteiger partial charge in [0.1, 0.15) is 24.7 Å². The number of guanidine groups is 1. The molecule has 21 nitrogen and oxygen atoms in total. The molecule has 21 heteroatoms. The van der Waals surface area contributed by atoms with E-state index in [2.05, 4.69) is 29.4 Å². The summed E-state index contributed by atoms with van der Waals surface area (Å²) in [5.41, 5.74) is 5.69. The number of esters is 2. The molecule has 0 saturated carbocycles. The van der Waals surface area contributed by atoms with E-state index in [9.17, 15) is 70.6 Å². The van der Waals surface area contributed by atoms with Crippen LogP contribution in [0.1, 0.15) is 152 Å². The number of unbranched alkanes of at least 4 members (excludes halogenated alkanes) is 2. The van der Waals surface area contributed by atoms with Gasteiger partial charge in [-0.3, -0.25) is 19.4 Å². The van der Waals surface area contributed by atoms with Crippen LogP contribution >= 0.6 is 0 Å². The van der Waals surface area contributed by atoms with Gasteiger partial charge in [0.15, 0.2) is 11.7 Å². The molecule has 0 aromatic carbocycles. The molecule has 2 aliphatic rings. The number of aliphatic hydroxyl groups excluding tert-OH is 10. The summed E-state index contributed by atoms with van der Waals surface area (Å²) in [7, 11) is 2.85. The summed E-state index contributed by atoms with van der Waals surface area (Å²) in [6.07, 6.45) is 1.39. The maximum Gasteiger partial charge on any atom is 0.317 e. The van der Waals surface area contributed by atoms with Crippen LogP contribution in [0.5, 0.6) is 0 Å². The molecule has 2 aliphatic heterocycles. The lowest BCUT2D eigenvalue weighted by molar-refractivity contribution is -0.343. The number of cyclic esters (lactones) is 1. The van der Waals surface area contributed by atoms with Crippen molar-refractivity contribution in [3.8, 4) is 0 Å². The molecule has 0 amide bonds. The fourth-order valence-corrected chi connectivity index (χ4v) is 10.6. The first-order valence-corrected chi connectivity index (χ1v) is 29.4. The van der Waals surface area contributed by atoms with Crippen LogP contribution < -0.4 is 11.1 Å². The maximum atomic E-state index is 13.9. The number of carboxylic acids is 1. The number of nitrogens with two attached hydrogens (primary N) is 1. The van der Waals surface area contributed by atoms with Crippen LogP contribution in [-0.2, 0) is 33.3 Å². The van der Waals surface area contributed by atoms with Crippen LogP contribution in [0, 0.1) is 47.3 Å². The number of aliphatic hydroxyl groups is 10. The molecule has 2 heterocycles. The molecule has 14 N–H and O–H groups in total. The first-order valence-electron chi connectivity index (χ1n) is 29.4. The average molecular weight is 1160 g/mol. The zero-order valence-corrected chi connectivity index (χ0v) is 49.9. The second-order valence-electron chi connectivity index (χ2n) is 23.5. The summed E-state index contributed by atoms with van der Waals surface area (Å²) in [6, 6.07) is 0. The molecule has 0 aliphatic carbocycles. The van der Waals surface area contributed by atoms with Crippen molar-refractivity contribution in [3.05, 3.63) is 48.6 Å². The highest BCUT2D eigenvalue weighted by Crippen LogP contribution is 2.38. The van der Waals surface area contributed by atoms with E-state index in [1.54, 1.807) is 59.9 Å². The Balaban J connectivity index is 2.46. The van der Waals surface area contributed by atoms with Gasteiger partial charge in [0.05, 0.1) is 67.0 Å². The van der Waals surface area contributed by atoms with Gasteiger partial charge in [0.25, 0.3) is 0 Å². The third kappa shape index (κ3) is 26.3. The molecule has 2 rings (SSSR count). The Morgan fingerprint density at radius 3 is 2.05 bits per heavy atom. The number of methoxy groups -OCH3 is 1. The number of hydrogen-bond acceptors (Lipinski definition) is 18. The predicted molar refractivity (Wildman–Crippen MR) is 307 cm³/mol. The number of carboxylic acid groups (broad SMARTS) is 1. The third-order valence-electron chi connectivity index (χ3n) is 16.5. The van der Waals surface area contributed by atoms with Gasteiger partial charge < -0.3 is 86.2 Å². The minimum atomic E-state index is -2.00. The first-order chi connectivity index (χ1) is 38.0. The van der Waals surface area contributed by atoms with Crippen LogP contribution in [0.2, 0.25) is 0 Å². The number of carbonyl (C=O) groups excluding carboxylic acids is 2. The van der Waals surface area contributed by atoms with Gasteiger partial charge in [-0.1, -0.05) is 103 Å². The minimum Gasteiger partial charge on any atom is -0.481 e. The van der Waals surface area contributed by atoms with Crippen LogP contribution in [0.4, 0.5) is 0 Å². The van der Waals surface area contributed by atoms with E-state index >= 15 is 0 Å². The summed E-state index contributed by atoms with van der Waals surface area (Å²) in [4.78, 5) is 41.9. The number of carbonyl (C=O) groups is 3. The number of fused-ring (bicyclic) bond motifs is 2. The van der Waals surface area contributed by atoms with Gasteiger partial charge in [-0.05, 0) is 76.0 Å². The van der Waals surface area contributed by atoms with Gasteiger partial charge >= 0.3 is 17.9 Å². The van der Waals surface area contributed by atoms with E-state index in [0.717, 1.165) is 45.1 Å². The smallest absolute Gasteiger partial charge is 0.317 e. The second kappa shape index (κ2) is 37.5. The predicted octanol–water partition coefficient (Wildman–Crippen LogP) is 3.96. The molecule has 0 unspecified atom stereocenters. The van der Waals surface area contributed by atoms with Crippen LogP contribution in [0.25, 0.3) is 0 Å². The second-order valence-corrected chi connectivity index (χ2v) is 23.5. The molecule has 0 aromatic heterocycles. The SMILES string of the molecule is CN=C(N)NCCC/C=C/CCC[C@H](C)C[C@H](C)[C@H]1OC(=O)[C@H](C)[C@H](O)C=C[C@H](C)[C@H](O)C[C@H](O)[C@H](C)[C@@H](O)CC[C@H](C)[C@H](O)C[C@]2(OC)O[C@H](C[C@@H](OC(=O)CC(=O)O)C[C@H](O)C[C@@H](O)[C@H](C)[C@H](O)C=CC=C[C@@H]1C)C[C@H](O)[C@H]2O. The Morgan fingerprint density at radius 1 is 0.765 bits per heavy atom. The number of allylic oxidation sites excluding steroid dienone is 4. The number of aliphatic carboxylic acids is 1. The fraction of sp³-hybridized carbons (Fsp3) is 0.800. The molecule has 0 radical (unpaired) electrons. The lowest BCUT2D eigenvalue weighted by Gasteiger charge is -2.47. The Labute approximate surface area is 481 Å². The highest BCUT2D eigenvalue weighted by molar-refractivity contribution is 5.90. The Kier molecular flexibility index (Phi) is 33.9. The van der Waals surface area contributed by atoms with Gasteiger partial charge in [0, 0.05) is 76.5 Å². The monoisotopic (exact) mass is 1160 g/mol. The van der Waals surface area contributed by atoms with E-state index in [1.165, 1.54) is 19.3 Å². The molecule has 468 valence electrons. The van der Waals surface area contributed by atoms with Crippen molar-refractivity contribution >= 4 is 23.9 Å². The molecular weight excluding hydrogens is 1050 g/mol. The summed E-state index contributed by atoms with van der Waals surface area (Å²) in [5, 5.41) is 125.